The van der Waals surface area contributed by atoms with Crippen LogP contribution in [0, 0.1) is 5.92 Å². The minimum atomic E-state index is -0.732. The molecule has 1 aliphatic rings. The molecule has 2 rings (SSSR count). The summed E-state index contributed by atoms with van der Waals surface area (Å²) in [6.07, 6.45) is 6.24. The lowest BCUT2D eigenvalue weighted by atomic mass is 9.89. The summed E-state index contributed by atoms with van der Waals surface area (Å²) in [5.74, 6) is 0.488. The maximum absolute atomic E-state index is 11.3. The molecule has 0 aliphatic carbocycles. The van der Waals surface area contributed by atoms with E-state index in [4.69, 9.17) is 0 Å². The van der Waals surface area contributed by atoms with Crippen molar-refractivity contribution in [3.05, 3.63) is 24.3 Å². The second kappa shape index (κ2) is 5.91. The second-order valence-corrected chi connectivity index (χ2v) is 4.79. The van der Waals surface area contributed by atoms with Crippen LogP contribution < -0.4 is 0 Å². The summed E-state index contributed by atoms with van der Waals surface area (Å²) >= 11 is 0. The Labute approximate surface area is 107 Å². The number of hydrogen-bond donors (Lipinski definition) is 1. The molecular weight excluding hydrogens is 230 g/mol. The maximum atomic E-state index is 11.3. The minimum Gasteiger partial charge on any atom is -0.480 e. The number of aliphatic carboxylic acids is 1. The summed E-state index contributed by atoms with van der Waals surface area (Å²) in [5.41, 5.74) is 0. The van der Waals surface area contributed by atoms with Crippen LogP contribution >= 0.6 is 0 Å². The highest BCUT2D eigenvalue weighted by atomic mass is 16.4. The zero-order valence-electron chi connectivity index (χ0n) is 10.6. The predicted molar refractivity (Wildman–Crippen MR) is 66.9 cm³/mol. The molecule has 1 aromatic heterocycles. The quantitative estimate of drug-likeness (QED) is 0.877. The zero-order valence-corrected chi connectivity index (χ0v) is 10.6. The van der Waals surface area contributed by atoms with Gasteiger partial charge < -0.3 is 5.11 Å². The van der Waals surface area contributed by atoms with E-state index in [0.717, 1.165) is 25.8 Å². The number of likely N-dealkylation sites (tertiary alicyclic amines) is 1. The standard InChI is InChI=1S/C13H19N3O2/c1-2-10-4-7-16(11(8-10)13(17)18)9-12-14-5-3-6-15-12/h3,5-6,10-11H,2,4,7-9H2,1H3,(H,17,18). The van der Waals surface area contributed by atoms with Crippen LogP contribution in [0.2, 0.25) is 0 Å². The summed E-state index contributed by atoms with van der Waals surface area (Å²) in [7, 11) is 0. The number of piperidine rings is 1. The number of carboxylic acid groups (broad SMARTS) is 1. The molecule has 18 heavy (non-hydrogen) atoms. The van der Waals surface area contributed by atoms with Gasteiger partial charge in [0.25, 0.3) is 0 Å². The van der Waals surface area contributed by atoms with E-state index in [1.54, 1.807) is 18.5 Å². The number of hydrogen-bond acceptors (Lipinski definition) is 4. The van der Waals surface area contributed by atoms with Gasteiger partial charge in [0.2, 0.25) is 0 Å². The third-order valence-corrected chi connectivity index (χ3v) is 3.65. The molecular formula is C13H19N3O2. The van der Waals surface area contributed by atoms with Crippen LogP contribution in [0.25, 0.3) is 0 Å². The molecule has 98 valence electrons. The lowest BCUT2D eigenvalue weighted by molar-refractivity contribution is -0.145. The Kier molecular flexibility index (Phi) is 4.25. The highest BCUT2D eigenvalue weighted by Crippen LogP contribution is 2.26. The topological polar surface area (TPSA) is 66.3 Å². The number of rotatable bonds is 4. The van der Waals surface area contributed by atoms with Gasteiger partial charge in [-0.2, -0.15) is 0 Å². The molecule has 1 N–H and O–H groups in total. The molecule has 2 heterocycles. The molecule has 2 unspecified atom stereocenters. The van der Waals surface area contributed by atoms with Crippen molar-refractivity contribution in [3.8, 4) is 0 Å². The molecule has 1 aliphatic heterocycles. The summed E-state index contributed by atoms with van der Waals surface area (Å²) in [5, 5.41) is 9.32. The van der Waals surface area contributed by atoms with Crippen LogP contribution in [-0.4, -0.2) is 38.5 Å². The second-order valence-electron chi connectivity index (χ2n) is 4.79. The first-order chi connectivity index (χ1) is 8.70. The van der Waals surface area contributed by atoms with Gasteiger partial charge in [-0.05, 0) is 31.4 Å². The first-order valence-corrected chi connectivity index (χ1v) is 6.43. The molecule has 0 amide bonds. The highest BCUT2D eigenvalue weighted by molar-refractivity contribution is 5.73. The van der Waals surface area contributed by atoms with Gasteiger partial charge >= 0.3 is 5.97 Å². The molecule has 0 saturated carbocycles. The van der Waals surface area contributed by atoms with Crippen molar-refractivity contribution in [2.24, 2.45) is 5.92 Å². The van der Waals surface area contributed by atoms with E-state index in [1.807, 2.05) is 4.90 Å². The van der Waals surface area contributed by atoms with Gasteiger partial charge in [-0.15, -0.1) is 0 Å². The third-order valence-electron chi connectivity index (χ3n) is 3.65. The summed E-state index contributed by atoms with van der Waals surface area (Å²) in [6.45, 7) is 3.46. The Hall–Kier alpha value is -1.49. The Morgan fingerprint density at radius 1 is 1.50 bits per heavy atom. The molecule has 0 spiro atoms. The first kappa shape index (κ1) is 13.0. The Morgan fingerprint density at radius 2 is 2.22 bits per heavy atom. The maximum Gasteiger partial charge on any atom is 0.320 e. The van der Waals surface area contributed by atoms with Crippen molar-refractivity contribution in [1.29, 1.82) is 0 Å². The van der Waals surface area contributed by atoms with Gasteiger partial charge in [0.05, 0.1) is 6.54 Å². The first-order valence-electron chi connectivity index (χ1n) is 6.43. The van der Waals surface area contributed by atoms with Crippen molar-refractivity contribution in [2.45, 2.75) is 38.8 Å². The van der Waals surface area contributed by atoms with E-state index in [1.165, 1.54) is 0 Å². The largest absolute Gasteiger partial charge is 0.480 e. The van der Waals surface area contributed by atoms with Crippen molar-refractivity contribution in [3.63, 3.8) is 0 Å². The highest BCUT2D eigenvalue weighted by Gasteiger charge is 2.32. The third kappa shape index (κ3) is 3.04. The van der Waals surface area contributed by atoms with E-state index >= 15 is 0 Å². The molecule has 5 nitrogen and oxygen atoms in total. The predicted octanol–water partition coefficient (Wildman–Crippen LogP) is 1.55. The molecule has 0 aromatic carbocycles. The van der Waals surface area contributed by atoms with Gasteiger partial charge in [0, 0.05) is 12.4 Å². The molecule has 2 atom stereocenters. The molecule has 0 bridgehead atoms. The number of carbonyl (C=O) groups is 1. The van der Waals surface area contributed by atoms with Gasteiger partial charge in [-0.3, -0.25) is 9.69 Å². The van der Waals surface area contributed by atoms with Crippen molar-refractivity contribution in [2.75, 3.05) is 6.54 Å². The lowest BCUT2D eigenvalue weighted by Gasteiger charge is -2.36. The van der Waals surface area contributed by atoms with Gasteiger partial charge in [-0.1, -0.05) is 13.3 Å². The Morgan fingerprint density at radius 3 is 2.83 bits per heavy atom. The normalized spacial score (nSPS) is 24.9. The summed E-state index contributed by atoms with van der Waals surface area (Å²) in [6, 6.07) is 1.37. The fourth-order valence-corrected chi connectivity index (χ4v) is 2.50. The van der Waals surface area contributed by atoms with E-state index in [0.29, 0.717) is 18.3 Å². The van der Waals surface area contributed by atoms with Crippen LogP contribution in [-0.2, 0) is 11.3 Å². The smallest absolute Gasteiger partial charge is 0.320 e. The fourth-order valence-electron chi connectivity index (χ4n) is 2.50. The summed E-state index contributed by atoms with van der Waals surface area (Å²) in [4.78, 5) is 21.6. The molecule has 5 heteroatoms. The minimum absolute atomic E-state index is 0.396. The van der Waals surface area contributed by atoms with Gasteiger partial charge in [0.15, 0.2) is 0 Å². The van der Waals surface area contributed by atoms with Crippen molar-refractivity contribution < 1.29 is 9.90 Å². The van der Waals surface area contributed by atoms with E-state index in [-0.39, 0.29) is 0 Å². The average molecular weight is 249 g/mol. The molecule has 1 aromatic rings. The van der Waals surface area contributed by atoms with E-state index in [9.17, 15) is 9.90 Å². The van der Waals surface area contributed by atoms with Crippen molar-refractivity contribution in [1.82, 2.24) is 14.9 Å². The zero-order chi connectivity index (χ0) is 13.0. The van der Waals surface area contributed by atoms with Gasteiger partial charge in [0.1, 0.15) is 11.9 Å². The van der Waals surface area contributed by atoms with Crippen molar-refractivity contribution >= 4 is 5.97 Å². The Bertz CT molecular complexity index is 396. The molecule has 0 radical (unpaired) electrons. The van der Waals surface area contributed by atoms with Gasteiger partial charge in [-0.25, -0.2) is 9.97 Å². The van der Waals surface area contributed by atoms with Crippen LogP contribution in [0.1, 0.15) is 32.0 Å². The average Bonchev–Trinajstić information content (AvgIpc) is 2.40. The molecule has 1 fully saturated rings. The number of nitrogens with zero attached hydrogens (tertiary/aromatic N) is 3. The van der Waals surface area contributed by atoms with Crippen LogP contribution in [0.5, 0.6) is 0 Å². The van der Waals surface area contributed by atoms with Crippen LogP contribution in [0.15, 0.2) is 18.5 Å². The summed E-state index contributed by atoms with van der Waals surface area (Å²) < 4.78 is 0. The number of aromatic nitrogens is 2. The monoisotopic (exact) mass is 249 g/mol. The van der Waals surface area contributed by atoms with Crippen LogP contribution in [0.4, 0.5) is 0 Å². The molecule has 1 saturated heterocycles. The van der Waals surface area contributed by atoms with Crippen LogP contribution in [0.3, 0.4) is 0 Å². The Balaban J connectivity index is 2.04. The fraction of sp³-hybridized carbons (Fsp3) is 0.615. The lowest BCUT2D eigenvalue weighted by Crippen LogP contribution is -2.46. The van der Waals surface area contributed by atoms with E-state index in [2.05, 4.69) is 16.9 Å². The number of carboxylic acids is 1. The SMILES string of the molecule is CCC1CCN(Cc2ncccn2)C(C(=O)O)C1. The van der Waals surface area contributed by atoms with E-state index < -0.39 is 12.0 Å².